The van der Waals surface area contributed by atoms with Gasteiger partial charge in [-0.25, -0.2) is 0 Å². The lowest BCUT2D eigenvalue weighted by molar-refractivity contribution is 0.478. The molecule has 0 saturated heterocycles. The van der Waals surface area contributed by atoms with Crippen LogP contribution < -0.4 is 10.7 Å². The van der Waals surface area contributed by atoms with Crippen molar-refractivity contribution in [3.63, 3.8) is 0 Å². The van der Waals surface area contributed by atoms with Crippen LogP contribution in [0.4, 0.5) is 11.4 Å². The second-order valence-corrected chi connectivity index (χ2v) is 13.5. The van der Waals surface area contributed by atoms with E-state index in [9.17, 15) is 25.2 Å². The molecule has 11 aromatic rings. The first-order valence-electron chi connectivity index (χ1n) is 17.0. The molecule has 7 nitrogen and oxygen atoms in total. The second kappa shape index (κ2) is 9.93. The van der Waals surface area contributed by atoms with Crippen LogP contribution in [-0.4, -0.2) is 25.4 Å². The predicted octanol–water partition coefficient (Wildman–Crippen LogP) is 10.8. The largest absolute Gasteiger partial charge is 0.507 e. The molecule has 0 aliphatic rings. The first kappa shape index (κ1) is 28.6. The topological polar surface area (TPSA) is 126 Å². The van der Waals surface area contributed by atoms with Gasteiger partial charge in [0.2, 0.25) is 0 Å². The highest BCUT2D eigenvalue weighted by molar-refractivity contribution is 6.34. The number of hydrogen-bond donors (Lipinski definition) is 6. The third kappa shape index (κ3) is 3.56. The van der Waals surface area contributed by atoms with Gasteiger partial charge in [0.1, 0.15) is 23.0 Å². The number of hydrogen-bond acceptors (Lipinski definition) is 6. The van der Waals surface area contributed by atoms with Gasteiger partial charge in [0.15, 0.2) is 5.43 Å². The van der Waals surface area contributed by atoms with Gasteiger partial charge < -0.3 is 30.7 Å². The van der Waals surface area contributed by atoms with Crippen LogP contribution in [0, 0.1) is 0 Å². The Balaban J connectivity index is 1.13. The summed E-state index contributed by atoms with van der Waals surface area (Å²) in [7, 11) is 0. The molecule has 0 unspecified atom stereocenters. The quantitative estimate of drug-likeness (QED) is 0.0616. The minimum Gasteiger partial charge on any atom is -0.507 e. The summed E-state index contributed by atoms with van der Waals surface area (Å²) < 4.78 is 0. The molecule has 52 heavy (non-hydrogen) atoms. The molecule has 0 aliphatic heterocycles. The van der Waals surface area contributed by atoms with Crippen LogP contribution in [0.25, 0.3) is 97.2 Å². The van der Waals surface area contributed by atoms with Crippen LogP contribution in [-0.2, 0) is 0 Å². The fourth-order valence-corrected chi connectivity index (χ4v) is 8.58. The van der Waals surface area contributed by atoms with E-state index in [-0.39, 0.29) is 28.4 Å². The highest BCUT2D eigenvalue weighted by atomic mass is 16.3. The smallest absolute Gasteiger partial charge is 0.194 e. The molecule has 246 valence electrons. The monoisotopic (exact) mass is 674 g/mol. The lowest BCUT2D eigenvalue weighted by Crippen LogP contribution is -2.05. The zero-order valence-corrected chi connectivity index (χ0v) is 27.2. The second-order valence-electron chi connectivity index (χ2n) is 13.5. The molecule has 1 aromatic heterocycles. The Morgan fingerprint density at radius 2 is 0.942 bits per heavy atom. The van der Waals surface area contributed by atoms with Gasteiger partial charge in [0.25, 0.3) is 0 Å². The summed E-state index contributed by atoms with van der Waals surface area (Å²) in [5.41, 5.74) is 2.67. The summed E-state index contributed by atoms with van der Waals surface area (Å²) in [6.07, 6.45) is 0. The SMILES string of the molecule is O=c1c2cc(Nc3cccc4c(O)c5ccccc5c(O)c34)ccc2c2ccc3[nH]c4c(ccc5c(O)c6ccccc6c(O)c54)c4ccc1c2c34. The fourth-order valence-electron chi connectivity index (χ4n) is 8.58. The lowest BCUT2D eigenvalue weighted by Gasteiger charge is -2.18. The number of pyridine rings is 1. The third-order valence-corrected chi connectivity index (χ3v) is 10.9. The van der Waals surface area contributed by atoms with Crippen molar-refractivity contribution in [1.29, 1.82) is 0 Å². The van der Waals surface area contributed by atoms with E-state index in [2.05, 4.69) is 10.3 Å². The Labute approximate surface area is 293 Å². The van der Waals surface area contributed by atoms with Crippen molar-refractivity contribution in [2.24, 2.45) is 0 Å². The number of aromatic nitrogens is 1. The van der Waals surface area contributed by atoms with E-state index in [0.29, 0.717) is 70.8 Å². The Morgan fingerprint density at radius 1 is 0.404 bits per heavy atom. The number of phenolic OH excluding ortho intramolecular Hbond substituents is 4. The maximum absolute atomic E-state index is 14.3. The van der Waals surface area contributed by atoms with Crippen molar-refractivity contribution in [3.8, 4) is 23.0 Å². The molecule has 6 N–H and O–H groups in total. The van der Waals surface area contributed by atoms with Gasteiger partial charge in [-0.2, -0.15) is 0 Å². The van der Waals surface area contributed by atoms with Crippen LogP contribution in [0.3, 0.4) is 0 Å². The molecule has 0 fully saturated rings. The molecule has 0 aliphatic carbocycles. The van der Waals surface area contributed by atoms with Crippen molar-refractivity contribution in [1.82, 2.24) is 4.98 Å². The normalized spacial score (nSPS) is 12.2. The van der Waals surface area contributed by atoms with Crippen LogP contribution in [0.5, 0.6) is 23.0 Å². The van der Waals surface area contributed by atoms with Crippen LogP contribution >= 0.6 is 0 Å². The van der Waals surface area contributed by atoms with Crippen molar-refractivity contribution in [3.05, 3.63) is 132 Å². The summed E-state index contributed by atoms with van der Waals surface area (Å²) in [4.78, 5) is 17.9. The molecule has 0 atom stereocenters. The fraction of sp³-hybridized carbons (Fsp3) is 0. The maximum atomic E-state index is 14.3. The molecule has 0 saturated carbocycles. The van der Waals surface area contributed by atoms with Crippen molar-refractivity contribution in [2.75, 3.05) is 5.32 Å². The molecule has 1 heterocycles. The highest BCUT2D eigenvalue weighted by Gasteiger charge is 2.21. The Kier molecular flexibility index (Phi) is 5.45. The predicted molar refractivity (Wildman–Crippen MR) is 212 cm³/mol. The first-order valence-corrected chi connectivity index (χ1v) is 17.0. The van der Waals surface area contributed by atoms with Crippen LogP contribution in [0.2, 0.25) is 0 Å². The third-order valence-electron chi connectivity index (χ3n) is 10.9. The summed E-state index contributed by atoms with van der Waals surface area (Å²) in [6.45, 7) is 0. The van der Waals surface area contributed by atoms with Crippen molar-refractivity contribution >= 4 is 109 Å². The minimum atomic E-state index is -0.0994. The van der Waals surface area contributed by atoms with Crippen LogP contribution in [0.15, 0.2) is 126 Å². The summed E-state index contributed by atoms with van der Waals surface area (Å²) in [6, 6.07) is 37.3. The molecule has 0 radical (unpaired) electrons. The Hall–Kier alpha value is -7.25. The summed E-state index contributed by atoms with van der Waals surface area (Å²) in [5, 5.41) is 59.4. The van der Waals surface area contributed by atoms with Gasteiger partial charge in [-0.3, -0.25) is 4.79 Å². The van der Waals surface area contributed by atoms with Gasteiger partial charge in [-0.1, -0.05) is 84.9 Å². The molecule has 0 bridgehead atoms. The maximum Gasteiger partial charge on any atom is 0.194 e. The number of aromatic amines is 1. The van der Waals surface area contributed by atoms with E-state index >= 15 is 0 Å². The zero-order valence-electron chi connectivity index (χ0n) is 27.2. The number of fused-ring (bicyclic) bond motifs is 9. The number of nitrogens with one attached hydrogen (secondary N) is 2. The highest BCUT2D eigenvalue weighted by Crippen LogP contribution is 2.48. The van der Waals surface area contributed by atoms with E-state index in [1.165, 1.54) is 0 Å². The van der Waals surface area contributed by atoms with Gasteiger partial charge in [0.05, 0.1) is 22.0 Å². The number of phenols is 4. The molecule has 0 spiro atoms. The Bertz CT molecular complexity index is 3460. The summed E-state index contributed by atoms with van der Waals surface area (Å²) >= 11 is 0. The molecule has 10 aromatic carbocycles. The van der Waals surface area contributed by atoms with Gasteiger partial charge in [0, 0.05) is 70.5 Å². The lowest BCUT2D eigenvalue weighted by atomic mass is 9.90. The molecular weight excluding hydrogens is 649 g/mol. The van der Waals surface area contributed by atoms with E-state index in [1.54, 1.807) is 30.3 Å². The van der Waals surface area contributed by atoms with Gasteiger partial charge >= 0.3 is 0 Å². The average Bonchev–Trinajstić information content (AvgIpc) is 3.18. The number of H-pyrrole nitrogens is 1. The number of aromatic hydroxyl groups is 4. The minimum absolute atomic E-state index is 0.0673. The van der Waals surface area contributed by atoms with Crippen molar-refractivity contribution < 1.29 is 20.4 Å². The summed E-state index contributed by atoms with van der Waals surface area (Å²) in [5.74, 6) is 0.374. The van der Waals surface area contributed by atoms with E-state index in [4.69, 9.17) is 0 Å². The van der Waals surface area contributed by atoms with E-state index < -0.39 is 0 Å². The average molecular weight is 675 g/mol. The Morgan fingerprint density at radius 3 is 1.67 bits per heavy atom. The molecular formula is C45H26N2O5. The number of rotatable bonds is 2. The van der Waals surface area contributed by atoms with Gasteiger partial charge in [-0.15, -0.1) is 0 Å². The number of anilines is 2. The standard InChI is InChI=1S/C45H26N2O5/c48-41-26-6-1-3-8-28(26)44(51)38-30(41)10-5-11-34(38)46-21-12-13-22-23-18-19-35-37-24(14-16-31(36(23)37)43(50)33(22)20-21)25-15-17-32-39(40(25)47-35)45(52)29-9-4-2-7-27(29)42(32)49/h1-20,46-49,51-52H. The van der Waals surface area contributed by atoms with Crippen molar-refractivity contribution in [2.45, 2.75) is 0 Å². The van der Waals surface area contributed by atoms with Gasteiger partial charge in [-0.05, 0) is 52.6 Å². The molecule has 11 rings (SSSR count). The van der Waals surface area contributed by atoms with E-state index in [1.807, 2.05) is 91.0 Å². The zero-order chi connectivity index (χ0) is 35.0. The van der Waals surface area contributed by atoms with Crippen LogP contribution in [0.1, 0.15) is 0 Å². The molecule has 0 amide bonds. The first-order chi connectivity index (χ1) is 25.4. The van der Waals surface area contributed by atoms with E-state index in [0.717, 1.165) is 37.8 Å². The number of benzene rings is 10. The molecule has 7 heteroatoms.